The number of hydrogen-bond donors (Lipinski definition) is 1. The van der Waals surface area contributed by atoms with E-state index in [1.54, 1.807) is 42.5 Å². The zero-order chi connectivity index (χ0) is 28.2. The molecule has 0 spiro atoms. The Kier molecular flexibility index (Phi) is 8.00. The number of amides is 3. The van der Waals surface area contributed by atoms with Crippen LogP contribution in [-0.4, -0.2) is 48.5 Å². The first-order valence-electron chi connectivity index (χ1n) is 14.5. The lowest BCUT2D eigenvalue weighted by Gasteiger charge is -2.22. The summed E-state index contributed by atoms with van der Waals surface area (Å²) in [7, 11) is 0. The molecule has 8 heteroatoms. The molecule has 2 aliphatic heterocycles. The summed E-state index contributed by atoms with van der Waals surface area (Å²) in [4.78, 5) is 39.4. The topological polar surface area (TPSA) is 94.2 Å². The SMILES string of the molecule is O=C(COc1ccc(C2CCCCC2)cc1)Nc1ccc(Oc2ccc3c(c2)C(=O)N(CC2CCCO2)C3=O)cc1. The van der Waals surface area contributed by atoms with Crippen LogP contribution in [0.4, 0.5) is 5.69 Å². The van der Waals surface area contributed by atoms with Gasteiger partial charge in [0.15, 0.2) is 6.61 Å². The van der Waals surface area contributed by atoms with Gasteiger partial charge in [-0.3, -0.25) is 19.3 Å². The van der Waals surface area contributed by atoms with Gasteiger partial charge in [0.25, 0.3) is 17.7 Å². The lowest BCUT2D eigenvalue weighted by atomic mass is 9.84. The molecule has 8 nitrogen and oxygen atoms in total. The fourth-order valence-corrected chi connectivity index (χ4v) is 5.85. The molecule has 1 saturated carbocycles. The molecule has 1 aliphatic carbocycles. The molecule has 0 aromatic heterocycles. The minimum atomic E-state index is -0.327. The van der Waals surface area contributed by atoms with Gasteiger partial charge in [0.1, 0.15) is 17.2 Å². The number of anilines is 1. The molecule has 6 rings (SSSR count). The van der Waals surface area contributed by atoms with Gasteiger partial charge in [-0.1, -0.05) is 31.4 Å². The van der Waals surface area contributed by atoms with E-state index in [1.165, 1.54) is 42.6 Å². The van der Waals surface area contributed by atoms with E-state index in [2.05, 4.69) is 17.4 Å². The van der Waals surface area contributed by atoms with Crippen molar-refractivity contribution >= 4 is 23.4 Å². The highest BCUT2D eigenvalue weighted by molar-refractivity contribution is 6.21. The lowest BCUT2D eigenvalue weighted by Crippen LogP contribution is -2.36. The number of nitrogens with one attached hydrogen (secondary N) is 1. The number of ether oxygens (including phenoxy) is 3. The maximum atomic E-state index is 12.9. The van der Waals surface area contributed by atoms with Crippen LogP contribution in [-0.2, 0) is 9.53 Å². The Hall–Kier alpha value is -4.17. The van der Waals surface area contributed by atoms with Crippen molar-refractivity contribution in [3.63, 3.8) is 0 Å². The van der Waals surface area contributed by atoms with Gasteiger partial charge in [0, 0.05) is 12.3 Å². The van der Waals surface area contributed by atoms with Crippen LogP contribution in [0.3, 0.4) is 0 Å². The summed E-state index contributed by atoms with van der Waals surface area (Å²) in [6.07, 6.45) is 8.10. The van der Waals surface area contributed by atoms with E-state index in [9.17, 15) is 14.4 Å². The molecule has 2 fully saturated rings. The Morgan fingerprint density at radius 2 is 1.51 bits per heavy atom. The normalized spacial score (nSPS) is 18.8. The van der Waals surface area contributed by atoms with E-state index in [4.69, 9.17) is 14.2 Å². The van der Waals surface area contributed by atoms with Gasteiger partial charge in [-0.05, 0) is 91.8 Å². The number of fused-ring (bicyclic) bond motifs is 1. The number of carbonyl (C=O) groups is 3. The monoisotopic (exact) mass is 554 g/mol. The fraction of sp³-hybridized carbons (Fsp3) is 0.364. The number of nitrogens with zero attached hydrogens (tertiary/aromatic N) is 1. The highest BCUT2D eigenvalue weighted by Crippen LogP contribution is 2.34. The van der Waals surface area contributed by atoms with E-state index in [0.29, 0.717) is 46.6 Å². The van der Waals surface area contributed by atoms with Gasteiger partial charge < -0.3 is 19.5 Å². The van der Waals surface area contributed by atoms with Crippen molar-refractivity contribution < 1.29 is 28.6 Å². The molecule has 0 radical (unpaired) electrons. The molecule has 3 aromatic rings. The van der Waals surface area contributed by atoms with Crippen LogP contribution in [0.1, 0.15) is 77.1 Å². The van der Waals surface area contributed by atoms with Crippen LogP contribution in [0.15, 0.2) is 66.7 Å². The second-order valence-corrected chi connectivity index (χ2v) is 10.9. The molecule has 0 bridgehead atoms. The third-order valence-corrected chi connectivity index (χ3v) is 8.05. The lowest BCUT2D eigenvalue weighted by molar-refractivity contribution is -0.118. The van der Waals surface area contributed by atoms with Crippen LogP contribution in [0.2, 0.25) is 0 Å². The molecule has 1 unspecified atom stereocenters. The average molecular weight is 555 g/mol. The predicted octanol–water partition coefficient (Wildman–Crippen LogP) is 6.32. The molecule has 1 saturated heterocycles. The number of rotatable bonds is 9. The minimum Gasteiger partial charge on any atom is -0.484 e. The van der Waals surface area contributed by atoms with Crippen molar-refractivity contribution in [2.75, 3.05) is 25.1 Å². The minimum absolute atomic E-state index is 0.0905. The van der Waals surface area contributed by atoms with E-state index in [0.717, 1.165) is 12.8 Å². The van der Waals surface area contributed by atoms with Crippen LogP contribution in [0.25, 0.3) is 0 Å². The number of carbonyl (C=O) groups excluding carboxylic acids is 3. The maximum Gasteiger partial charge on any atom is 0.262 e. The van der Waals surface area contributed by atoms with Crippen LogP contribution < -0.4 is 14.8 Å². The first-order chi connectivity index (χ1) is 20.0. The Balaban J connectivity index is 0.998. The molecule has 3 aromatic carbocycles. The summed E-state index contributed by atoms with van der Waals surface area (Å²) in [5.74, 6) is 1.40. The third kappa shape index (κ3) is 6.28. The zero-order valence-corrected chi connectivity index (χ0v) is 23.0. The van der Waals surface area contributed by atoms with Crippen molar-refractivity contribution in [3.05, 3.63) is 83.4 Å². The predicted molar refractivity (Wildman–Crippen MR) is 154 cm³/mol. The fourth-order valence-electron chi connectivity index (χ4n) is 5.85. The van der Waals surface area contributed by atoms with Gasteiger partial charge >= 0.3 is 0 Å². The number of hydrogen-bond acceptors (Lipinski definition) is 6. The molecule has 3 amide bonds. The molecular weight excluding hydrogens is 520 g/mol. The summed E-state index contributed by atoms with van der Waals surface area (Å²) >= 11 is 0. The average Bonchev–Trinajstić information content (AvgIpc) is 3.61. The Labute approximate surface area is 239 Å². The van der Waals surface area contributed by atoms with Gasteiger partial charge in [-0.2, -0.15) is 0 Å². The quantitative estimate of drug-likeness (QED) is 0.311. The molecule has 1 N–H and O–H groups in total. The van der Waals surface area contributed by atoms with Crippen molar-refractivity contribution in [2.45, 2.75) is 57.0 Å². The highest BCUT2D eigenvalue weighted by atomic mass is 16.5. The molecule has 2 heterocycles. The first-order valence-corrected chi connectivity index (χ1v) is 14.5. The summed E-state index contributed by atoms with van der Waals surface area (Å²) in [6.45, 7) is 0.844. The largest absolute Gasteiger partial charge is 0.484 e. The molecule has 212 valence electrons. The maximum absolute atomic E-state index is 12.9. The Bertz CT molecular complexity index is 1410. The van der Waals surface area contributed by atoms with Crippen molar-refractivity contribution in [2.24, 2.45) is 0 Å². The zero-order valence-electron chi connectivity index (χ0n) is 23.0. The highest BCUT2D eigenvalue weighted by Gasteiger charge is 2.37. The van der Waals surface area contributed by atoms with Gasteiger partial charge in [0.2, 0.25) is 0 Å². The number of benzene rings is 3. The Morgan fingerprint density at radius 1 is 0.805 bits per heavy atom. The van der Waals surface area contributed by atoms with Crippen LogP contribution in [0, 0.1) is 0 Å². The first kappa shape index (κ1) is 27.0. The summed E-state index contributed by atoms with van der Waals surface area (Å²) in [6, 6.07) is 19.9. The van der Waals surface area contributed by atoms with E-state index in [-0.39, 0.29) is 37.0 Å². The molecule has 1 atom stereocenters. The van der Waals surface area contributed by atoms with Crippen molar-refractivity contribution in [1.82, 2.24) is 4.90 Å². The Morgan fingerprint density at radius 3 is 2.24 bits per heavy atom. The summed E-state index contributed by atoms with van der Waals surface area (Å²) in [5.41, 5.74) is 2.66. The smallest absolute Gasteiger partial charge is 0.262 e. The van der Waals surface area contributed by atoms with Crippen molar-refractivity contribution in [3.8, 4) is 17.2 Å². The third-order valence-electron chi connectivity index (χ3n) is 8.05. The van der Waals surface area contributed by atoms with E-state index in [1.807, 2.05) is 12.1 Å². The standard InChI is InChI=1S/C33H34N2O6/c36-31(21-40-25-12-8-23(9-13-25)22-5-2-1-3-6-22)34-24-10-14-26(15-11-24)41-27-16-17-29-30(19-27)33(38)35(32(29)37)20-28-7-4-18-39-28/h8-17,19,22,28H,1-7,18,20-21H2,(H,34,36). The molecule has 3 aliphatic rings. The van der Waals surface area contributed by atoms with E-state index < -0.39 is 0 Å². The summed E-state index contributed by atoms with van der Waals surface area (Å²) < 4.78 is 17.2. The second kappa shape index (κ2) is 12.1. The molecule has 41 heavy (non-hydrogen) atoms. The van der Waals surface area contributed by atoms with E-state index >= 15 is 0 Å². The van der Waals surface area contributed by atoms with Gasteiger partial charge in [0.05, 0.1) is 23.8 Å². The molecular formula is C33H34N2O6. The number of imide groups is 1. The summed E-state index contributed by atoms with van der Waals surface area (Å²) in [5, 5.41) is 2.83. The van der Waals surface area contributed by atoms with Gasteiger partial charge in [-0.25, -0.2) is 0 Å². The van der Waals surface area contributed by atoms with Crippen LogP contribution in [0.5, 0.6) is 17.2 Å². The van der Waals surface area contributed by atoms with Crippen molar-refractivity contribution in [1.29, 1.82) is 0 Å². The second-order valence-electron chi connectivity index (χ2n) is 10.9. The van der Waals surface area contributed by atoms with Gasteiger partial charge in [-0.15, -0.1) is 0 Å². The van der Waals surface area contributed by atoms with Crippen LogP contribution >= 0.6 is 0 Å².